The number of fused-ring (bicyclic) bond motifs is 1. The molecule has 1 aliphatic carbocycles. The molecule has 1 aromatic carbocycles. The summed E-state index contributed by atoms with van der Waals surface area (Å²) >= 11 is 0. The molecule has 0 fully saturated rings. The van der Waals surface area contributed by atoms with Gasteiger partial charge in [0, 0.05) is 12.0 Å². The van der Waals surface area contributed by atoms with Crippen LogP contribution in [0.2, 0.25) is 0 Å². The van der Waals surface area contributed by atoms with Gasteiger partial charge in [0.1, 0.15) is 0 Å². The van der Waals surface area contributed by atoms with Gasteiger partial charge in [-0.1, -0.05) is 61.8 Å². The minimum atomic E-state index is -0.612. The van der Waals surface area contributed by atoms with Gasteiger partial charge in [-0.25, -0.2) is 4.79 Å². The van der Waals surface area contributed by atoms with E-state index in [4.69, 9.17) is 4.74 Å². The smallest absolute Gasteiger partial charge is 0.330 e. The first-order valence-corrected chi connectivity index (χ1v) is 7.91. The standard InChI is InChI=1S/C19H24O3/c1-3-4-5-9-15(13-18(20)22-2)17-12-11-14-8-6-7-10-16(14)19(17)21/h6-8,10-13,17,19,21H,3-5,9H2,1-2H3/b15-13+/t17-,19-/m1/s1. The molecule has 0 spiro atoms. The first-order valence-electron chi connectivity index (χ1n) is 7.91. The summed E-state index contributed by atoms with van der Waals surface area (Å²) in [5.74, 6) is -0.517. The van der Waals surface area contributed by atoms with Crippen LogP contribution in [0.15, 0.2) is 42.0 Å². The SMILES string of the molecule is CCCCC/C(=C\C(=O)OC)[C@H]1C=Cc2ccccc2[C@H]1O. The molecule has 0 bridgehead atoms. The van der Waals surface area contributed by atoms with E-state index in [2.05, 4.69) is 6.92 Å². The van der Waals surface area contributed by atoms with Gasteiger partial charge in [-0.05, 0) is 24.0 Å². The van der Waals surface area contributed by atoms with Gasteiger partial charge in [-0.15, -0.1) is 0 Å². The van der Waals surface area contributed by atoms with E-state index >= 15 is 0 Å². The van der Waals surface area contributed by atoms with Crippen LogP contribution in [-0.2, 0) is 9.53 Å². The summed E-state index contributed by atoms with van der Waals surface area (Å²) in [5, 5.41) is 10.7. The number of aliphatic hydroxyl groups excluding tert-OH is 1. The van der Waals surface area contributed by atoms with Crippen LogP contribution >= 0.6 is 0 Å². The van der Waals surface area contributed by atoms with E-state index in [1.54, 1.807) is 6.08 Å². The van der Waals surface area contributed by atoms with Crippen LogP contribution in [0.3, 0.4) is 0 Å². The topological polar surface area (TPSA) is 46.5 Å². The van der Waals surface area contributed by atoms with Gasteiger partial charge >= 0.3 is 5.97 Å². The second-order valence-corrected chi connectivity index (χ2v) is 5.66. The Morgan fingerprint density at radius 3 is 2.82 bits per heavy atom. The Hall–Kier alpha value is -1.87. The molecule has 22 heavy (non-hydrogen) atoms. The molecule has 0 unspecified atom stereocenters. The van der Waals surface area contributed by atoms with Crippen LogP contribution in [0.4, 0.5) is 0 Å². The number of benzene rings is 1. The lowest BCUT2D eigenvalue weighted by Crippen LogP contribution is -2.18. The van der Waals surface area contributed by atoms with Crippen molar-refractivity contribution in [2.24, 2.45) is 5.92 Å². The number of carbonyl (C=O) groups is 1. The molecule has 3 nitrogen and oxygen atoms in total. The zero-order chi connectivity index (χ0) is 15.9. The minimum absolute atomic E-state index is 0.161. The predicted molar refractivity (Wildman–Crippen MR) is 88.2 cm³/mol. The van der Waals surface area contributed by atoms with Crippen LogP contribution in [0.5, 0.6) is 0 Å². The molecular formula is C19H24O3. The van der Waals surface area contributed by atoms with Crippen molar-refractivity contribution in [1.82, 2.24) is 0 Å². The Morgan fingerprint density at radius 2 is 2.09 bits per heavy atom. The average molecular weight is 300 g/mol. The Labute approximate surface area is 132 Å². The summed E-state index contributed by atoms with van der Waals surface area (Å²) in [6.45, 7) is 2.15. The molecule has 2 rings (SSSR count). The summed E-state index contributed by atoms with van der Waals surface area (Å²) < 4.78 is 4.76. The Kier molecular flexibility index (Phi) is 5.96. The molecule has 0 aromatic heterocycles. The molecule has 1 aliphatic rings. The van der Waals surface area contributed by atoms with Crippen molar-refractivity contribution in [3.63, 3.8) is 0 Å². The highest BCUT2D eigenvalue weighted by Gasteiger charge is 2.27. The van der Waals surface area contributed by atoms with Gasteiger partial charge in [0.25, 0.3) is 0 Å². The number of methoxy groups -OCH3 is 1. The molecule has 118 valence electrons. The maximum Gasteiger partial charge on any atom is 0.330 e. The molecular weight excluding hydrogens is 276 g/mol. The summed E-state index contributed by atoms with van der Waals surface area (Å²) in [4.78, 5) is 11.6. The number of hydrogen-bond donors (Lipinski definition) is 1. The summed E-state index contributed by atoms with van der Waals surface area (Å²) in [5.41, 5.74) is 2.90. The first kappa shape index (κ1) is 16.5. The molecule has 0 amide bonds. The van der Waals surface area contributed by atoms with Gasteiger partial charge in [-0.3, -0.25) is 0 Å². The van der Waals surface area contributed by atoms with Crippen LogP contribution in [-0.4, -0.2) is 18.2 Å². The van der Waals surface area contributed by atoms with E-state index in [0.29, 0.717) is 0 Å². The maximum atomic E-state index is 11.6. The van der Waals surface area contributed by atoms with Crippen molar-refractivity contribution in [3.8, 4) is 0 Å². The summed E-state index contributed by atoms with van der Waals surface area (Å²) in [6, 6.07) is 7.83. The van der Waals surface area contributed by atoms with Crippen molar-refractivity contribution in [2.45, 2.75) is 38.7 Å². The molecule has 0 aliphatic heterocycles. The Morgan fingerprint density at radius 1 is 1.32 bits per heavy atom. The largest absolute Gasteiger partial charge is 0.466 e. The van der Waals surface area contributed by atoms with Crippen LogP contribution in [0, 0.1) is 5.92 Å². The number of ether oxygens (including phenoxy) is 1. The van der Waals surface area contributed by atoms with Gasteiger partial charge in [0.2, 0.25) is 0 Å². The highest BCUT2D eigenvalue weighted by molar-refractivity contribution is 5.83. The number of hydrogen-bond acceptors (Lipinski definition) is 3. The lowest BCUT2D eigenvalue weighted by molar-refractivity contribution is -0.134. The van der Waals surface area contributed by atoms with Gasteiger partial charge in [-0.2, -0.15) is 0 Å². The van der Waals surface area contributed by atoms with Crippen molar-refractivity contribution < 1.29 is 14.6 Å². The maximum absolute atomic E-state index is 11.6. The Bertz CT molecular complexity index is 572. The van der Waals surface area contributed by atoms with Crippen LogP contribution in [0.25, 0.3) is 6.08 Å². The first-order chi connectivity index (χ1) is 10.7. The van der Waals surface area contributed by atoms with Gasteiger partial charge in [0.15, 0.2) is 0 Å². The lowest BCUT2D eigenvalue weighted by atomic mass is 9.80. The number of rotatable bonds is 6. The highest BCUT2D eigenvalue weighted by Crippen LogP contribution is 2.37. The monoisotopic (exact) mass is 300 g/mol. The molecule has 2 atom stereocenters. The zero-order valence-corrected chi connectivity index (χ0v) is 13.3. The fourth-order valence-corrected chi connectivity index (χ4v) is 2.89. The average Bonchev–Trinajstić information content (AvgIpc) is 2.54. The van der Waals surface area contributed by atoms with E-state index in [9.17, 15) is 9.90 Å². The highest BCUT2D eigenvalue weighted by atomic mass is 16.5. The molecule has 1 aromatic rings. The van der Waals surface area contributed by atoms with Crippen LogP contribution in [0.1, 0.15) is 49.8 Å². The van der Waals surface area contributed by atoms with E-state index in [1.165, 1.54) is 7.11 Å². The number of unbranched alkanes of at least 4 members (excludes halogenated alkanes) is 2. The van der Waals surface area contributed by atoms with E-state index < -0.39 is 6.10 Å². The molecule has 1 N–H and O–H groups in total. The quantitative estimate of drug-likeness (QED) is 0.490. The number of carbonyl (C=O) groups excluding carboxylic acids is 1. The minimum Gasteiger partial charge on any atom is -0.466 e. The fraction of sp³-hybridized carbons (Fsp3) is 0.421. The van der Waals surface area contributed by atoms with E-state index in [0.717, 1.165) is 42.4 Å². The zero-order valence-electron chi connectivity index (χ0n) is 13.3. The second kappa shape index (κ2) is 7.95. The third-order valence-corrected chi connectivity index (χ3v) is 4.14. The molecule has 0 saturated heterocycles. The molecule has 3 heteroatoms. The predicted octanol–water partition coefficient (Wildman–Crippen LogP) is 4.04. The third kappa shape index (κ3) is 3.86. The van der Waals surface area contributed by atoms with Crippen LogP contribution < -0.4 is 0 Å². The lowest BCUT2D eigenvalue weighted by Gasteiger charge is -2.28. The molecule has 0 radical (unpaired) electrons. The summed E-state index contributed by atoms with van der Waals surface area (Å²) in [7, 11) is 1.38. The number of aliphatic hydroxyl groups is 1. The Balaban J connectivity index is 2.25. The van der Waals surface area contributed by atoms with Crippen molar-refractivity contribution in [3.05, 3.63) is 53.1 Å². The number of esters is 1. The fourth-order valence-electron chi connectivity index (χ4n) is 2.89. The van der Waals surface area contributed by atoms with Crippen molar-refractivity contribution in [2.75, 3.05) is 7.11 Å². The normalized spacial score (nSPS) is 20.6. The molecule has 0 saturated carbocycles. The third-order valence-electron chi connectivity index (χ3n) is 4.14. The van der Waals surface area contributed by atoms with Gasteiger partial charge < -0.3 is 9.84 Å². The van der Waals surface area contributed by atoms with E-state index in [1.807, 2.05) is 36.4 Å². The van der Waals surface area contributed by atoms with Crippen molar-refractivity contribution >= 4 is 12.0 Å². The molecule has 0 heterocycles. The van der Waals surface area contributed by atoms with Crippen molar-refractivity contribution in [1.29, 1.82) is 0 Å². The second-order valence-electron chi connectivity index (χ2n) is 5.66. The van der Waals surface area contributed by atoms with E-state index in [-0.39, 0.29) is 11.9 Å². The van der Waals surface area contributed by atoms with Gasteiger partial charge in [0.05, 0.1) is 13.2 Å². The summed E-state index contributed by atoms with van der Waals surface area (Å²) in [6.07, 6.45) is 9.00.